The number of aliphatic carboxylic acids is 1. The fourth-order valence-electron chi connectivity index (χ4n) is 1.45. The average Bonchev–Trinajstić information content (AvgIpc) is 2.92. The Morgan fingerprint density at radius 3 is 2.76 bits per heavy atom. The van der Waals surface area contributed by atoms with Crippen LogP contribution < -0.4 is 10.6 Å². The molecule has 0 radical (unpaired) electrons. The highest BCUT2D eigenvalue weighted by atomic mass is 32.1. The zero-order valence-corrected chi connectivity index (χ0v) is 14.9. The average molecular weight is 372 g/mol. The number of ether oxygens (including phenoxy) is 1. The van der Waals surface area contributed by atoms with Gasteiger partial charge in [0, 0.05) is 18.3 Å². The Hall–Kier alpha value is -2.69. The molecule has 11 heteroatoms. The minimum atomic E-state index is -1.31. The highest BCUT2D eigenvalue weighted by Crippen LogP contribution is 2.15. The minimum Gasteiger partial charge on any atom is -0.476 e. The van der Waals surface area contributed by atoms with Gasteiger partial charge in [0.15, 0.2) is 5.13 Å². The third kappa shape index (κ3) is 8.11. The Kier molecular flexibility index (Phi) is 7.79. The van der Waals surface area contributed by atoms with E-state index in [0.717, 1.165) is 11.3 Å². The molecule has 10 nitrogen and oxygen atoms in total. The van der Waals surface area contributed by atoms with E-state index >= 15 is 0 Å². The van der Waals surface area contributed by atoms with Crippen LogP contribution in [0.4, 0.5) is 9.93 Å². The van der Waals surface area contributed by atoms with Crippen LogP contribution in [0.25, 0.3) is 0 Å². The summed E-state index contributed by atoms with van der Waals surface area (Å²) < 4.78 is 5.06. The summed E-state index contributed by atoms with van der Waals surface area (Å²) in [6, 6.07) is 0. The Labute approximate surface area is 148 Å². The number of thiazole rings is 1. The molecule has 0 aliphatic heterocycles. The van der Waals surface area contributed by atoms with E-state index in [1.165, 1.54) is 5.38 Å². The van der Waals surface area contributed by atoms with Crippen LogP contribution in [0.3, 0.4) is 0 Å². The quantitative estimate of drug-likeness (QED) is 0.258. The van der Waals surface area contributed by atoms with E-state index in [9.17, 15) is 14.4 Å². The molecule has 1 heterocycles. The van der Waals surface area contributed by atoms with E-state index in [1.807, 2.05) is 0 Å². The fourth-order valence-corrected chi connectivity index (χ4v) is 2.10. The first-order valence-electron chi connectivity index (χ1n) is 7.29. The van der Waals surface area contributed by atoms with Crippen LogP contribution in [0.5, 0.6) is 0 Å². The number of hydrogen-bond acceptors (Lipinski definition) is 8. The summed E-state index contributed by atoms with van der Waals surface area (Å²) in [7, 11) is 0. The molecule has 2 amide bonds. The molecule has 0 aliphatic rings. The van der Waals surface area contributed by atoms with Crippen LogP contribution >= 0.6 is 11.3 Å². The lowest BCUT2D eigenvalue weighted by molar-refractivity contribution is -0.129. The maximum atomic E-state index is 11.4. The van der Waals surface area contributed by atoms with Crippen molar-refractivity contribution < 1.29 is 29.1 Å². The van der Waals surface area contributed by atoms with Crippen molar-refractivity contribution in [1.29, 1.82) is 0 Å². The van der Waals surface area contributed by atoms with Gasteiger partial charge < -0.3 is 25.3 Å². The molecule has 0 fully saturated rings. The van der Waals surface area contributed by atoms with Crippen LogP contribution in [0.15, 0.2) is 10.5 Å². The maximum absolute atomic E-state index is 11.4. The van der Waals surface area contributed by atoms with Crippen molar-refractivity contribution in [2.24, 2.45) is 5.16 Å². The third-order valence-corrected chi connectivity index (χ3v) is 3.14. The number of carboxylic acids is 1. The first-order chi connectivity index (χ1) is 11.7. The van der Waals surface area contributed by atoms with Crippen molar-refractivity contribution in [3.8, 4) is 0 Å². The highest BCUT2D eigenvalue weighted by Gasteiger charge is 2.18. The lowest BCUT2D eigenvalue weighted by Crippen LogP contribution is -2.33. The topological polar surface area (TPSA) is 139 Å². The van der Waals surface area contributed by atoms with Gasteiger partial charge in [-0.25, -0.2) is 14.6 Å². The van der Waals surface area contributed by atoms with Gasteiger partial charge in [-0.1, -0.05) is 5.16 Å². The Bertz CT molecular complexity index is 638. The molecular formula is C14H20N4O6S. The lowest BCUT2D eigenvalue weighted by Gasteiger charge is -2.19. The molecule has 1 aromatic rings. The monoisotopic (exact) mass is 372 g/mol. The summed E-state index contributed by atoms with van der Waals surface area (Å²) in [6.45, 7) is 5.65. The lowest BCUT2D eigenvalue weighted by atomic mass is 10.2. The number of alkyl carbamates (subject to hydrolysis) is 1. The van der Waals surface area contributed by atoms with Crippen molar-refractivity contribution in [1.82, 2.24) is 10.3 Å². The Morgan fingerprint density at radius 1 is 1.44 bits per heavy atom. The van der Waals surface area contributed by atoms with Crippen LogP contribution in [0, 0.1) is 0 Å². The third-order valence-electron chi connectivity index (χ3n) is 2.37. The van der Waals surface area contributed by atoms with Gasteiger partial charge in [0.1, 0.15) is 17.9 Å². The summed E-state index contributed by atoms with van der Waals surface area (Å²) >= 11 is 1.06. The number of oxime groups is 1. The van der Waals surface area contributed by atoms with Gasteiger partial charge in [-0.3, -0.25) is 4.79 Å². The summed E-state index contributed by atoms with van der Waals surface area (Å²) in [4.78, 5) is 41.8. The second kappa shape index (κ2) is 9.57. The first-order valence-corrected chi connectivity index (χ1v) is 8.17. The number of carbonyl (C=O) groups is 3. The van der Waals surface area contributed by atoms with E-state index in [2.05, 4.69) is 20.8 Å². The van der Waals surface area contributed by atoms with Gasteiger partial charge in [0.25, 0.3) is 0 Å². The van der Waals surface area contributed by atoms with Gasteiger partial charge in [0.2, 0.25) is 12.1 Å². The second-order valence-corrected chi connectivity index (χ2v) is 6.52. The molecule has 0 bridgehead atoms. The van der Waals surface area contributed by atoms with Gasteiger partial charge in [-0.2, -0.15) is 0 Å². The largest absolute Gasteiger partial charge is 0.476 e. The molecule has 0 atom stereocenters. The normalized spacial score (nSPS) is 11.6. The van der Waals surface area contributed by atoms with Crippen LogP contribution in [-0.4, -0.2) is 53.0 Å². The molecule has 0 aromatic carbocycles. The van der Waals surface area contributed by atoms with E-state index < -0.39 is 17.7 Å². The molecule has 0 aliphatic carbocycles. The molecule has 138 valence electrons. The van der Waals surface area contributed by atoms with Crippen molar-refractivity contribution >= 4 is 40.7 Å². The first kappa shape index (κ1) is 20.4. The molecular weight excluding hydrogens is 352 g/mol. The van der Waals surface area contributed by atoms with E-state index in [1.54, 1.807) is 20.8 Å². The van der Waals surface area contributed by atoms with Crippen molar-refractivity contribution in [3.05, 3.63) is 11.1 Å². The van der Waals surface area contributed by atoms with E-state index in [-0.39, 0.29) is 29.7 Å². The van der Waals surface area contributed by atoms with E-state index in [4.69, 9.17) is 14.7 Å². The number of anilines is 1. The van der Waals surface area contributed by atoms with Crippen LogP contribution in [0.1, 0.15) is 32.9 Å². The molecule has 25 heavy (non-hydrogen) atoms. The Morgan fingerprint density at radius 2 is 2.16 bits per heavy atom. The summed E-state index contributed by atoms with van der Waals surface area (Å²) in [5, 5.41) is 19.2. The predicted molar refractivity (Wildman–Crippen MR) is 90.8 cm³/mol. The standard InChI is InChI=1S/C14H20N4O6S/c1-14(2,3)24-13(22)15-5-4-6-23-18-10(11(20)21)9-7-25-12(17-9)16-8-19/h7-8H,4-6H2,1-3H3,(H,15,22)(H,20,21)(H,16,17,19). The molecule has 0 spiro atoms. The number of rotatable bonds is 9. The number of nitrogens with zero attached hydrogens (tertiary/aromatic N) is 2. The molecule has 1 rings (SSSR count). The number of carboxylic acid groups (broad SMARTS) is 1. The highest BCUT2D eigenvalue weighted by molar-refractivity contribution is 7.14. The number of hydrogen-bond donors (Lipinski definition) is 3. The Balaban J connectivity index is 2.42. The fraction of sp³-hybridized carbons (Fsp3) is 0.500. The summed E-state index contributed by atoms with van der Waals surface area (Å²) in [5.41, 5.74) is -0.879. The van der Waals surface area contributed by atoms with Gasteiger partial charge in [-0.15, -0.1) is 11.3 Å². The smallest absolute Gasteiger partial charge is 0.407 e. The van der Waals surface area contributed by atoms with Gasteiger partial charge >= 0.3 is 12.1 Å². The van der Waals surface area contributed by atoms with Crippen LogP contribution in [0.2, 0.25) is 0 Å². The summed E-state index contributed by atoms with van der Waals surface area (Å²) in [6.07, 6.45) is 0.304. The number of nitrogens with one attached hydrogen (secondary N) is 2. The van der Waals surface area contributed by atoms with Crippen LogP contribution in [-0.2, 0) is 19.2 Å². The van der Waals surface area contributed by atoms with Gasteiger partial charge in [0.05, 0.1) is 0 Å². The number of amides is 2. The number of aromatic nitrogens is 1. The minimum absolute atomic E-state index is 0.0775. The molecule has 0 unspecified atom stereocenters. The van der Waals surface area contributed by atoms with Gasteiger partial charge in [-0.05, 0) is 20.8 Å². The molecule has 3 N–H and O–H groups in total. The van der Waals surface area contributed by atoms with Crippen molar-refractivity contribution in [2.75, 3.05) is 18.5 Å². The predicted octanol–water partition coefficient (Wildman–Crippen LogP) is 1.43. The van der Waals surface area contributed by atoms with Crippen molar-refractivity contribution in [2.45, 2.75) is 32.8 Å². The molecule has 0 saturated carbocycles. The zero-order chi connectivity index (χ0) is 18.9. The molecule has 1 aromatic heterocycles. The maximum Gasteiger partial charge on any atom is 0.407 e. The molecule has 0 saturated heterocycles. The number of carbonyl (C=O) groups excluding carboxylic acids is 2. The second-order valence-electron chi connectivity index (χ2n) is 5.66. The zero-order valence-electron chi connectivity index (χ0n) is 14.1. The van der Waals surface area contributed by atoms with Crippen molar-refractivity contribution in [3.63, 3.8) is 0 Å². The van der Waals surface area contributed by atoms with E-state index in [0.29, 0.717) is 12.8 Å². The SMILES string of the molecule is CC(C)(C)OC(=O)NCCCON=C(C(=O)O)c1csc(NC=O)n1. The summed E-state index contributed by atoms with van der Waals surface area (Å²) in [5.74, 6) is -1.31.